The topological polar surface area (TPSA) is 23.6 Å². The molecule has 0 aliphatic heterocycles. The highest BCUT2D eigenvalue weighted by atomic mass is 19.4. The van der Waals surface area contributed by atoms with E-state index in [0.717, 1.165) is 19.2 Å². The summed E-state index contributed by atoms with van der Waals surface area (Å²) in [5.41, 5.74) is 0.192. The second-order valence-electron chi connectivity index (χ2n) is 4.32. The molecule has 0 heterocycles. The van der Waals surface area contributed by atoms with Crippen molar-refractivity contribution >= 4 is 11.6 Å². The van der Waals surface area contributed by atoms with Crippen molar-refractivity contribution in [2.24, 2.45) is 0 Å². The molecule has 20 heavy (non-hydrogen) atoms. The van der Waals surface area contributed by atoms with E-state index in [1.807, 2.05) is 0 Å². The summed E-state index contributed by atoms with van der Waals surface area (Å²) in [7, 11) is 2.42. The van der Waals surface area contributed by atoms with Crippen LogP contribution in [0.1, 0.15) is 0 Å². The van der Waals surface area contributed by atoms with Gasteiger partial charge in [-0.25, -0.2) is 8.78 Å². The van der Waals surface area contributed by atoms with Crippen molar-refractivity contribution in [3.8, 4) is 0 Å². The second kappa shape index (κ2) is 6.06. The van der Waals surface area contributed by atoms with E-state index >= 15 is 0 Å². The Morgan fingerprint density at radius 3 is 2.25 bits per heavy atom. The Labute approximate surface area is 112 Å². The first-order chi connectivity index (χ1) is 9.10. The first-order valence-corrected chi connectivity index (χ1v) is 5.57. The van der Waals surface area contributed by atoms with Crippen LogP contribution < -0.4 is 4.90 Å². The number of amides is 1. The Morgan fingerprint density at radius 2 is 1.75 bits per heavy atom. The molecular weight excluding hydrogens is 283 g/mol. The van der Waals surface area contributed by atoms with Crippen molar-refractivity contribution in [2.75, 3.05) is 32.1 Å². The molecule has 1 aromatic carbocycles. The van der Waals surface area contributed by atoms with Crippen LogP contribution in [-0.2, 0) is 4.79 Å². The van der Waals surface area contributed by atoms with E-state index in [-0.39, 0.29) is 12.2 Å². The SMILES string of the molecule is CN(CC(F)(F)F)C(=O)CN(C)c1ccc(F)c(F)c1. The lowest BCUT2D eigenvalue weighted by atomic mass is 10.2. The number of halogens is 5. The molecule has 1 amide bonds. The number of carbonyl (C=O) groups excluding carboxylic acids is 1. The molecule has 3 nitrogen and oxygen atoms in total. The lowest BCUT2D eigenvalue weighted by Crippen LogP contribution is -2.41. The highest BCUT2D eigenvalue weighted by Gasteiger charge is 2.31. The van der Waals surface area contributed by atoms with Gasteiger partial charge in [0.1, 0.15) is 6.54 Å². The van der Waals surface area contributed by atoms with Gasteiger partial charge in [0.25, 0.3) is 0 Å². The molecule has 1 aromatic rings. The Morgan fingerprint density at radius 1 is 1.15 bits per heavy atom. The number of benzene rings is 1. The van der Waals surface area contributed by atoms with Gasteiger partial charge in [0, 0.05) is 25.8 Å². The molecule has 112 valence electrons. The molecule has 1 rings (SSSR count). The molecule has 0 atom stereocenters. The van der Waals surface area contributed by atoms with Gasteiger partial charge in [-0.15, -0.1) is 0 Å². The van der Waals surface area contributed by atoms with Crippen molar-refractivity contribution in [3.63, 3.8) is 0 Å². The van der Waals surface area contributed by atoms with E-state index in [9.17, 15) is 26.7 Å². The van der Waals surface area contributed by atoms with E-state index in [2.05, 4.69) is 0 Å². The number of hydrogen-bond acceptors (Lipinski definition) is 2. The van der Waals surface area contributed by atoms with Crippen LogP contribution in [0.4, 0.5) is 27.6 Å². The van der Waals surface area contributed by atoms with E-state index in [1.165, 1.54) is 18.0 Å². The molecular formula is C12H13F5N2O. The minimum Gasteiger partial charge on any atom is -0.365 e. The number of likely N-dealkylation sites (N-methyl/N-ethyl adjacent to an activating group) is 2. The molecule has 8 heteroatoms. The largest absolute Gasteiger partial charge is 0.406 e. The van der Waals surface area contributed by atoms with Crippen molar-refractivity contribution < 1.29 is 26.7 Å². The Bertz CT molecular complexity index is 489. The molecule has 0 N–H and O–H groups in total. The number of hydrogen-bond donors (Lipinski definition) is 0. The van der Waals surface area contributed by atoms with Gasteiger partial charge in [0.15, 0.2) is 11.6 Å². The molecule has 0 aliphatic rings. The first kappa shape index (κ1) is 16.2. The minimum absolute atomic E-state index is 0.192. The molecule has 0 saturated heterocycles. The fourth-order valence-corrected chi connectivity index (χ4v) is 1.49. The van der Waals surface area contributed by atoms with Crippen LogP contribution in [0.2, 0.25) is 0 Å². The Kier molecular flexibility index (Phi) is 4.91. The molecule has 0 aliphatic carbocycles. The van der Waals surface area contributed by atoms with Gasteiger partial charge in [-0.3, -0.25) is 4.79 Å². The van der Waals surface area contributed by atoms with E-state index in [0.29, 0.717) is 4.90 Å². The predicted octanol–water partition coefficient (Wildman–Crippen LogP) is 2.42. The Hall–Kier alpha value is -1.86. The normalized spacial score (nSPS) is 11.3. The average molecular weight is 296 g/mol. The summed E-state index contributed by atoms with van der Waals surface area (Å²) in [6.45, 7) is -1.74. The number of carbonyl (C=O) groups is 1. The van der Waals surface area contributed by atoms with Crippen LogP contribution in [0.5, 0.6) is 0 Å². The summed E-state index contributed by atoms with van der Waals surface area (Å²) in [6.07, 6.45) is -4.48. The molecule has 0 fully saturated rings. The molecule has 0 spiro atoms. The van der Waals surface area contributed by atoms with E-state index in [1.54, 1.807) is 0 Å². The zero-order valence-electron chi connectivity index (χ0n) is 10.8. The summed E-state index contributed by atoms with van der Waals surface area (Å²) in [5.74, 6) is -2.91. The zero-order chi connectivity index (χ0) is 15.5. The smallest absolute Gasteiger partial charge is 0.365 e. The minimum atomic E-state index is -4.48. The van der Waals surface area contributed by atoms with Crippen LogP contribution in [0, 0.1) is 11.6 Å². The summed E-state index contributed by atoms with van der Waals surface area (Å²) in [6, 6.07) is 2.98. The van der Waals surface area contributed by atoms with E-state index in [4.69, 9.17) is 0 Å². The van der Waals surface area contributed by atoms with Crippen LogP contribution in [0.15, 0.2) is 18.2 Å². The van der Waals surface area contributed by atoms with Gasteiger partial charge in [0.05, 0.1) is 6.54 Å². The third kappa shape index (κ3) is 4.67. The standard InChI is InChI=1S/C12H13F5N2O/c1-18(8-3-4-9(13)10(14)5-8)6-11(20)19(2)7-12(15,16)17/h3-5H,6-7H2,1-2H3. The second-order valence-corrected chi connectivity index (χ2v) is 4.32. The molecule has 0 unspecified atom stereocenters. The fraction of sp³-hybridized carbons (Fsp3) is 0.417. The van der Waals surface area contributed by atoms with Gasteiger partial charge in [-0.2, -0.15) is 13.2 Å². The summed E-state index contributed by atoms with van der Waals surface area (Å²) in [5, 5.41) is 0. The van der Waals surface area contributed by atoms with Crippen LogP contribution in [0.25, 0.3) is 0 Å². The summed E-state index contributed by atoms with van der Waals surface area (Å²) in [4.78, 5) is 13.3. The fourth-order valence-electron chi connectivity index (χ4n) is 1.49. The van der Waals surface area contributed by atoms with E-state index < -0.39 is 30.3 Å². The maximum Gasteiger partial charge on any atom is 0.406 e. The maximum atomic E-state index is 13.0. The maximum absolute atomic E-state index is 13.0. The van der Waals surface area contributed by atoms with Crippen LogP contribution in [-0.4, -0.2) is 44.2 Å². The summed E-state index contributed by atoms with van der Waals surface area (Å²) >= 11 is 0. The van der Waals surface area contributed by atoms with Gasteiger partial charge < -0.3 is 9.80 Å². The summed E-state index contributed by atoms with van der Waals surface area (Å²) < 4.78 is 62.1. The van der Waals surface area contributed by atoms with Crippen molar-refractivity contribution in [1.29, 1.82) is 0 Å². The van der Waals surface area contributed by atoms with Crippen molar-refractivity contribution in [1.82, 2.24) is 4.90 Å². The Balaban J connectivity index is 2.67. The lowest BCUT2D eigenvalue weighted by Gasteiger charge is -2.24. The van der Waals surface area contributed by atoms with Crippen molar-refractivity contribution in [3.05, 3.63) is 29.8 Å². The van der Waals surface area contributed by atoms with Gasteiger partial charge in [0.2, 0.25) is 5.91 Å². The van der Waals surface area contributed by atoms with Gasteiger partial charge >= 0.3 is 6.18 Å². The van der Waals surface area contributed by atoms with Gasteiger partial charge in [-0.05, 0) is 12.1 Å². The highest BCUT2D eigenvalue weighted by molar-refractivity contribution is 5.81. The molecule has 0 saturated carbocycles. The number of rotatable bonds is 4. The van der Waals surface area contributed by atoms with Crippen LogP contribution >= 0.6 is 0 Å². The third-order valence-corrected chi connectivity index (χ3v) is 2.56. The quantitative estimate of drug-likeness (QED) is 0.797. The van der Waals surface area contributed by atoms with Crippen molar-refractivity contribution in [2.45, 2.75) is 6.18 Å². The molecule has 0 radical (unpaired) electrons. The number of alkyl halides is 3. The zero-order valence-corrected chi connectivity index (χ0v) is 10.8. The van der Waals surface area contributed by atoms with Gasteiger partial charge in [-0.1, -0.05) is 0 Å². The third-order valence-electron chi connectivity index (χ3n) is 2.56. The predicted molar refractivity (Wildman–Crippen MR) is 63.3 cm³/mol. The number of nitrogens with zero attached hydrogens (tertiary/aromatic N) is 2. The lowest BCUT2D eigenvalue weighted by molar-refractivity contribution is -0.157. The highest BCUT2D eigenvalue weighted by Crippen LogP contribution is 2.18. The number of anilines is 1. The average Bonchev–Trinajstić information content (AvgIpc) is 2.30. The monoisotopic (exact) mass is 296 g/mol. The molecule has 0 aromatic heterocycles. The first-order valence-electron chi connectivity index (χ1n) is 5.57. The van der Waals surface area contributed by atoms with Crippen LogP contribution in [0.3, 0.4) is 0 Å². The molecule has 0 bridgehead atoms.